The summed E-state index contributed by atoms with van der Waals surface area (Å²) in [7, 11) is 0. The van der Waals surface area contributed by atoms with E-state index in [-0.39, 0.29) is 17.9 Å². The number of para-hydroxylation sites is 1. The fraction of sp³-hybridized carbons (Fsp3) is 0.588. The van der Waals surface area contributed by atoms with Crippen molar-refractivity contribution >= 4 is 11.6 Å². The van der Waals surface area contributed by atoms with Crippen LogP contribution in [0.5, 0.6) is 0 Å². The molecule has 21 heavy (non-hydrogen) atoms. The quantitative estimate of drug-likeness (QED) is 0.754. The van der Waals surface area contributed by atoms with Crippen LogP contribution >= 0.6 is 0 Å². The molecule has 1 aliphatic heterocycles. The van der Waals surface area contributed by atoms with Crippen molar-refractivity contribution in [2.75, 3.05) is 24.5 Å². The largest absolute Gasteiger partial charge is 0.371 e. The Morgan fingerprint density at radius 1 is 1.43 bits per heavy atom. The van der Waals surface area contributed by atoms with Crippen molar-refractivity contribution in [3.63, 3.8) is 0 Å². The number of nitrogens with zero attached hydrogens (tertiary/aromatic N) is 1. The Kier molecular flexibility index (Phi) is 5.62. The minimum absolute atomic E-state index is 0.0221. The summed E-state index contributed by atoms with van der Waals surface area (Å²) in [5.41, 5.74) is 8.69. The third kappa shape index (κ3) is 3.97. The van der Waals surface area contributed by atoms with Crippen LogP contribution in [0.3, 0.4) is 0 Å². The van der Waals surface area contributed by atoms with Gasteiger partial charge in [0.1, 0.15) is 0 Å². The van der Waals surface area contributed by atoms with Gasteiger partial charge in [0.05, 0.1) is 6.04 Å². The Morgan fingerprint density at radius 2 is 2.19 bits per heavy atom. The van der Waals surface area contributed by atoms with Crippen molar-refractivity contribution in [1.29, 1.82) is 0 Å². The lowest BCUT2D eigenvalue weighted by Gasteiger charge is -2.20. The van der Waals surface area contributed by atoms with Crippen LogP contribution in [0.1, 0.15) is 32.3 Å². The average Bonchev–Trinajstić information content (AvgIpc) is 2.93. The smallest absolute Gasteiger partial charge is 0.237 e. The first-order valence-corrected chi connectivity index (χ1v) is 7.99. The molecule has 0 aromatic heterocycles. The minimum atomic E-state index is -0.387. The van der Waals surface area contributed by atoms with E-state index in [1.807, 2.05) is 6.92 Å². The van der Waals surface area contributed by atoms with Crippen LogP contribution in [-0.4, -0.2) is 31.6 Å². The van der Waals surface area contributed by atoms with Crippen molar-refractivity contribution < 1.29 is 4.79 Å². The molecule has 0 bridgehead atoms. The molecular formula is C17H27N3O. The third-order valence-electron chi connectivity index (χ3n) is 4.45. The molecule has 0 saturated heterocycles. The summed E-state index contributed by atoms with van der Waals surface area (Å²) < 4.78 is 0. The van der Waals surface area contributed by atoms with E-state index in [1.54, 1.807) is 0 Å². The van der Waals surface area contributed by atoms with E-state index >= 15 is 0 Å². The Morgan fingerprint density at radius 3 is 2.95 bits per heavy atom. The van der Waals surface area contributed by atoms with Crippen LogP contribution in [0, 0.1) is 5.92 Å². The minimum Gasteiger partial charge on any atom is -0.371 e. The van der Waals surface area contributed by atoms with Gasteiger partial charge in [-0.3, -0.25) is 4.79 Å². The maximum Gasteiger partial charge on any atom is 0.237 e. The molecule has 0 radical (unpaired) electrons. The van der Waals surface area contributed by atoms with Gasteiger partial charge in [0.25, 0.3) is 0 Å². The maximum absolute atomic E-state index is 11.9. The number of carbonyl (C=O) groups is 1. The summed E-state index contributed by atoms with van der Waals surface area (Å²) in [6.45, 7) is 6.84. The second-order valence-corrected chi connectivity index (χ2v) is 5.92. The van der Waals surface area contributed by atoms with Crippen molar-refractivity contribution in [1.82, 2.24) is 5.32 Å². The molecule has 4 nitrogen and oxygen atoms in total. The van der Waals surface area contributed by atoms with E-state index in [2.05, 4.69) is 41.4 Å². The van der Waals surface area contributed by atoms with Gasteiger partial charge in [0.15, 0.2) is 0 Å². The fourth-order valence-electron chi connectivity index (χ4n) is 2.75. The van der Waals surface area contributed by atoms with Gasteiger partial charge in [-0.2, -0.15) is 0 Å². The highest BCUT2D eigenvalue weighted by Gasteiger charge is 2.20. The van der Waals surface area contributed by atoms with E-state index in [0.717, 1.165) is 32.4 Å². The van der Waals surface area contributed by atoms with Crippen LogP contribution in [0.2, 0.25) is 0 Å². The first kappa shape index (κ1) is 15.8. The van der Waals surface area contributed by atoms with Crippen molar-refractivity contribution in [3.05, 3.63) is 29.8 Å². The molecule has 2 rings (SSSR count). The maximum atomic E-state index is 11.9. The van der Waals surface area contributed by atoms with Crippen LogP contribution in [-0.2, 0) is 11.2 Å². The number of nitrogens with two attached hydrogens (primary N) is 1. The number of nitrogens with one attached hydrogen (secondary N) is 1. The Balaban J connectivity index is 1.70. The first-order valence-electron chi connectivity index (χ1n) is 7.99. The average molecular weight is 289 g/mol. The SMILES string of the molecule is CCC(C)[C@H](N)C(=O)NCCCN1CCc2ccccc21. The first-order chi connectivity index (χ1) is 10.1. The molecule has 1 aromatic carbocycles. The van der Waals surface area contributed by atoms with Gasteiger partial charge in [0.2, 0.25) is 5.91 Å². The normalized spacial score (nSPS) is 16.4. The lowest BCUT2D eigenvalue weighted by molar-refractivity contribution is -0.123. The number of rotatable bonds is 7. The topological polar surface area (TPSA) is 58.4 Å². The lowest BCUT2D eigenvalue weighted by atomic mass is 9.99. The zero-order chi connectivity index (χ0) is 15.2. The van der Waals surface area contributed by atoms with Gasteiger partial charge < -0.3 is 16.0 Å². The zero-order valence-corrected chi connectivity index (χ0v) is 13.1. The van der Waals surface area contributed by atoms with Crippen molar-refractivity contribution in [3.8, 4) is 0 Å². The third-order valence-corrected chi connectivity index (χ3v) is 4.45. The predicted octanol–water partition coefficient (Wildman–Crippen LogP) is 1.93. The number of benzene rings is 1. The fourth-order valence-corrected chi connectivity index (χ4v) is 2.75. The Hall–Kier alpha value is -1.55. The van der Waals surface area contributed by atoms with Gasteiger partial charge in [-0.05, 0) is 30.4 Å². The predicted molar refractivity (Wildman–Crippen MR) is 87.4 cm³/mol. The van der Waals surface area contributed by atoms with Crippen LogP contribution in [0.25, 0.3) is 0 Å². The molecule has 0 fully saturated rings. The molecule has 1 aromatic rings. The highest BCUT2D eigenvalue weighted by molar-refractivity contribution is 5.81. The van der Waals surface area contributed by atoms with Gasteiger partial charge >= 0.3 is 0 Å². The highest BCUT2D eigenvalue weighted by Crippen LogP contribution is 2.27. The summed E-state index contributed by atoms with van der Waals surface area (Å²) >= 11 is 0. The molecule has 3 N–H and O–H groups in total. The molecule has 1 aliphatic rings. The van der Waals surface area contributed by atoms with Crippen LogP contribution in [0.15, 0.2) is 24.3 Å². The zero-order valence-electron chi connectivity index (χ0n) is 13.1. The molecule has 1 amide bonds. The number of hydrogen-bond acceptors (Lipinski definition) is 3. The standard InChI is InChI=1S/C17H27N3O/c1-3-13(2)16(18)17(21)19-10-6-11-20-12-9-14-7-4-5-8-15(14)20/h4-5,7-8,13,16H,3,6,9-12,18H2,1-2H3,(H,19,21)/t13?,16-/m0/s1. The Bertz CT molecular complexity index is 475. The van der Waals surface area contributed by atoms with E-state index < -0.39 is 0 Å². The Labute approximate surface area is 127 Å². The summed E-state index contributed by atoms with van der Waals surface area (Å²) in [6, 6.07) is 8.17. The highest BCUT2D eigenvalue weighted by atomic mass is 16.2. The second kappa shape index (κ2) is 7.46. The summed E-state index contributed by atoms with van der Waals surface area (Å²) in [5, 5.41) is 2.95. The van der Waals surface area contributed by atoms with Gasteiger partial charge in [-0.15, -0.1) is 0 Å². The van der Waals surface area contributed by atoms with Gasteiger partial charge in [0, 0.05) is 25.3 Å². The van der Waals surface area contributed by atoms with E-state index in [0.29, 0.717) is 6.54 Å². The van der Waals surface area contributed by atoms with E-state index in [4.69, 9.17) is 5.73 Å². The van der Waals surface area contributed by atoms with Gasteiger partial charge in [-0.1, -0.05) is 38.5 Å². The monoisotopic (exact) mass is 289 g/mol. The molecule has 4 heteroatoms. The molecule has 1 heterocycles. The van der Waals surface area contributed by atoms with E-state index in [9.17, 15) is 4.79 Å². The molecular weight excluding hydrogens is 262 g/mol. The number of amides is 1. The van der Waals surface area contributed by atoms with Crippen molar-refractivity contribution in [2.45, 2.75) is 39.2 Å². The van der Waals surface area contributed by atoms with Crippen LogP contribution < -0.4 is 16.0 Å². The van der Waals surface area contributed by atoms with Gasteiger partial charge in [-0.25, -0.2) is 0 Å². The number of carbonyl (C=O) groups excluding carboxylic acids is 1. The van der Waals surface area contributed by atoms with Crippen molar-refractivity contribution in [2.24, 2.45) is 11.7 Å². The van der Waals surface area contributed by atoms with Crippen LogP contribution in [0.4, 0.5) is 5.69 Å². The molecule has 0 saturated carbocycles. The molecule has 1 unspecified atom stereocenters. The number of fused-ring (bicyclic) bond motifs is 1. The molecule has 2 atom stereocenters. The molecule has 116 valence electrons. The van der Waals surface area contributed by atoms with E-state index in [1.165, 1.54) is 11.3 Å². The number of hydrogen-bond donors (Lipinski definition) is 2. The molecule has 0 spiro atoms. The summed E-state index contributed by atoms with van der Waals surface area (Å²) in [4.78, 5) is 14.3. The summed E-state index contributed by atoms with van der Waals surface area (Å²) in [6.07, 6.45) is 3.01. The molecule has 0 aliphatic carbocycles. The lowest BCUT2D eigenvalue weighted by Crippen LogP contribution is -2.45. The summed E-state index contributed by atoms with van der Waals surface area (Å²) in [5.74, 6) is 0.210. The number of anilines is 1. The second-order valence-electron chi connectivity index (χ2n) is 5.92.